The minimum atomic E-state index is -0.380. The molecule has 1 unspecified atom stereocenters. The second-order valence-electron chi connectivity index (χ2n) is 7.61. The van der Waals surface area contributed by atoms with Crippen LogP contribution in [0.3, 0.4) is 0 Å². The zero-order chi connectivity index (χ0) is 20.1. The molecule has 0 bridgehead atoms. The molecule has 0 radical (unpaired) electrons. The molecule has 1 saturated heterocycles. The molecule has 2 aliphatic heterocycles. The Labute approximate surface area is 193 Å². The molecule has 2 aliphatic rings. The fraction of sp³-hybridized carbons (Fsp3) is 0.409. The third-order valence-electron chi connectivity index (χ3n) is 5.56. The summed E-state index contributed by atoms with van der Waals surface area (Å²) in [5, 5.41) is 14.4. The average Bonchev–Trinajstić information content (AvgIpc) is 3.27. The predicted octanol–water partition coefficient (Wildman–Crippen LogP) is 3.75. The van der Waals surface area contributed by atoms with E-state index in [1.807, 2.05) is 0 Å². The van der Waals surface area contributed by atoms with E-state index in [0.29, 0.717) is 12.5 Å². The molecule has 0 spiro atoms. The molecule has 2 heterocycles. The zero-order valence-electron chi connectivity index (χ0n) is 16.8. The van der Waals surface area contributed by atoms with Crippen LogP contribution in [0.5, 0.6) is 0 Å². The summed E-state index contributed by atoms with van der Waals surface area (Å²) in [5.74, 6) is 1.40. The summed E-state index contributed by atoms with van der Waals surface area (Å²) in [5.41, 5.74) is 3.80. The van der Waals surface area contributed by atoms with Crippen molar-refractivity contribution >= 4 is 35.6 Å². The van der Waals surface area contributed by atoms with Crippen LogP contribution in [0.1, 0.15) is 23.1 Å². The molecule has 0 saturated carbocycles. The van der Waals surface area contributed by atoms with Crippen molar-refractivity contribution in [3.63, 3.8) is 0 Å². The second-order valence-corrected chi connectivity index (χ2v) is 7.61. The van der Waals surface area contributed by atoms with E-state index in [2.05, 4.69) is 34.5 Å². The Bertz CT molecular complexity index is 882. The number of rotatable bonds is 5. The van der Waals surface area contributed by atoms with Crippen LogP contribution >= 0.6 is 24.0 Å². The highest BCUT2D eigenvalue weighted by atomic mass is 127. The van der Waals surface area contributed by atoms with E-state index in [9.17, 15) is 10.1 Å². The van der Waals surface area contributed by atoms with E-state index in [4.69, 9.17) is 9.73 Å². The highest BCUT2D eigenvalue weighted by molar-refractivity contribution is 14.0. The number of fused-ring (bicyclic) bond motifs is 1. The van der Waals surface area contributed by atoms with Crippen molar-refractivity contribution < 1.29 is 9.66 Å². The van der Waals surface area contributed by atoms with Crippen LogP contribution in [0.2, 0.25) is 0 Å². The normalized spacial score (nSPS) is 18.5. The smallest absolute Gasteiger partial charge is 0.269 e. The van der Waals surface area contributed by atoms with Crippen LogP contribution < -0.4 is 5.32 Å². The summed E-state index contributed by atoms with van der Waals surface area (Å²) < 4.78 is 5.49. The highest BCUT2D eigenvalue weighted by Gasteiger charge is 2.21. The molecular formula is C22H27IN4O3. The predicted molar refractivity (Wildman–Crippen MR) is 127 cm³/mol. The molecule has 8 heteroatoms. The van der Waals surface area contributed by atoms with E-state index >= 15 is 0 Å². The molecule has 0 aliphatic carbocycles. The lowest BCUT2D eigenvalue weighted by atomic mass is 10.0. The van der Waals surface area contributed by atoms with E-state index in [1.165, 1.54) is 23.3 Å². The van der Waals surface area contributed by atoms with Crippen LogP contribution in [0.4, 0.5) is 5.69 Å². The van der Waals surface area contributed by atoms with Gasteiger partial charge in [-0.1, -0.05) is 36.4 Å². The quantitative estimate of drug-likeness (QED) is 0.213. The Balaban J connectivity index is 0.00000256. The second kappa shape index (κ2) is 10.7. The number of halogens is 1. The third kappa shape index (κ3) is 5.69. The number of nitrogens with zero attached hydrogens (tertiary/aromatic N) is 3. The number of hydrogen-bond donors (Lipinski definition) is 1. The van der Waals surface area contributed by atoms with Gasteiger partial charge in [0.15, 0.2) is 5.96 Å². The number of guanidine groups is 1. The van der Waals surface area contributed by atoms with Crippen LogP contribution in [-0.4, -0.2) is 42.1 Å². The Morgan fingerprint density at radius 3 is 2.67 bits per heavy atom. The largest absolute Gasteiger partial charge is 0.381 e. The molecule has 160 valence electrons. The van der Waals surface area contributed by atoms with Gasteiger partial charge in [0, 0.05) is 44.3 Å². The Hall–Kier alpha value is -2.20. The molecule has 1 N–H and O–H groups in total. The van der Waals surface area contributed by atoms with Crippen LogP contribution in [-0.2, 0) is 24.2 Å². The maximum Gasteiger partial charge on any atom is 0.269 e. The number of ether oxygens (including phenoxy) is 1. The summed E-state index contributed by atoms with van der Waals surface area (Å²) in [7, 11) is 0. The average molecular weight is 522 g/mol. The standard InChI is InChI=1S/C22H26N4O3.HI/c27-26(28)21-7-5-17(6-8-21)13-23-22(24-14-18-10-12-29-16-18)25-11-9-19-3-1-2-4-20(19)15-25;/h1-8,18H,9-16H2,(H,23,24);1H. The van der Waals surface area contributed by atoms with E-state index < -0.39 is 0 Å². The van der Waals surface area contributed by atoms with E-state index in [1.54, 1.807) is 12.1 Å². The van der Waals surface area contributed by atoms with Crippen molar-refractivity contribution in [3.05, 3.63) is 75.3 Å². The monoisotopic (exact) mass is 522 g/mol. The number of hydrogen-bond acceptors (Lipinski definition) is 4. The van der Waals surface area contributed by atoms with Crippen molar-refractivity contribution in [1.82, 2.24) is 10.2 Å². The number of nitrogens with one attached hydrogen (secondary N) is 1. The molecule has 0 amide bonds. The van der Waals surface area contributed by atoms with Crippen molar-refractivity contribution in [2.45, 2.75) is 25.9 Å². The van der Waals surface area contributed by atoms with Crippen molar-refractivity contribution in [1.29, 1.82) is 0 Å². The topological polar surface area (TPSA) is 80.0 Å². The van der Waals surface area contributed by atoms with Gasteiger partial charge < -0.3 is 15.0 Å². The maximum atomic E-state index is 10.8. The van der Waals surface area contributed by atoms with E-state index in [-0.39, 0.29) is 34.6 Å². The minimum Gasteiger partial charge on any atom is -0.381 e. The summed E-state index contributed by atoms with van der Waals surface area (Å²) in [6, 6.07) is 15.2. The Morgan fingerprint density at radius 2 is 1.97 bits per heavy atom. The number of non-ortho nitro benzene ring substituents is 1. The first-order chi connectivity index (χ1) is 14.2. The third-order valence-corrected chi connectivity index (χ3v) is 5.56. The SMILES string of the molecule is I.O=[N+]([O-])c1ccc(CN=C(NCC2CCOC2)N2CCc3ccccc3C2)cc1. The van der Waals surface area contributed by atoms with Crippen LogP contribution in [0.15, 0.2) is 53.5 Å². The lowest BCUT2D eigenvalue weighted by Crippen LogP contribution is -2.45. The molecule has 30 heavy (non-hydrogen) atoms. The van der Waals surface area contributed by atoms with E-state index in [0.717, 1.165) is 57.2 Å². The van der Waals surface area contributed by atoms with Gasteiger partial charge in [-0.15, -0.1) is 24.0 Å². The van der Waals surface area contributed by atoms with Crippen molar-refractivity contribution in [3.8, 4) is 0 Å². The highest BCUT2D eigenvalue weighted by Crippen LogP contribution is 2.19. The fourth-order valence-corrected chi connectivity index (χ4v) is 3.81. The number of benzene rings is 2. The van der Waals surface area contributed by atoms with Gasteiger partial charge in [0.05, 0.1) is 18.1 Å². The number of nitro groups is 1. The molecule has 0 aromatic heterocycles. The lowest BCUT2D eigenvalue weighted by molar-refractivity contribution is -0.384. The van der Waals surface area contributed by atoms with Crippen LogP contribution in [0, 0.1) is 16.0 Å². The molecular weight excluding hydrogens is 495 g/mol. The molecule has 4 rings (SSSR count). The van der Waals surface area contributed by atoms with Gasteiger partial charge in [0.1, 0.15) is 0 Å². The first kappa shape index (κ1) is 22.5. The Kier molecular flexibility index (Phi) is 8.03. The van der Waals surface area contributed by atoms with Gasteiger partial charge in [-0.3, -0.25) is 10.1 Å². The summed E-state index contributed by atoms with van der Waals surface area (Å²) >= 11 is 0. The fourth-order valence-electron chi connectivity index (χ4n) is 3.81. The summed E-state index contributed by atoms with van der Waals surface area (Å²) in [6.45, 7) is 4.72. The molecule has 2 aromatic carbocycles. The maximum absolute atomic E-state index is 10.8. The summed E-state index contributed by atoms with van der Waals surface area (Å²) in [6.07, 6.45) is 2.08. The van der Waals surface area contributed by atoms with Gasteiger partial charge in [0.2, 0.25) is 0 Å². The van der Waals surface area contributed by atoms with Gasteiger partial charge in [0.25, 0.3) is 5.69 Å². The first-order valence-electron chi connectivity index (χ1n) is 10.1. The van der Waals surface area contributed by atoms with Gasteiger partial charge in [-0.2, -0.15) is 0 Å². The number of nitro benzene ring substituents is 1. The van der Waals surface area contributed by atoms with Crippen LogP contribution in [0.25, 0.3) is 0 Å². The number of aliphatic imine (C=N–C) groups is 1. The molecule has 1 atom stereocenters. The van der Waals surface area contributed by atoms with Crippen molar-refractivity contribution in [2.24, 2.45) is 10.9 Å². The molecule has 1 fully saturated rings. The van der Waals surface area contributed by atoms with Gasteiger partial charge in [-0.25, -0.2) is 4.99 Å². The first-order valence-corrected chi connectivity index (χ1v) is 10.1. The zero-order valence-corrected chi connectivity index (χ0v) is 19.2. The van der Waals surface area contributed by atoms with Gasteiger partial charge in [-0.05, 0) is 29.5 Å². The summed E-state index contributed by atoms with van der Waals surface area (Å²) in [4.78, 5) is 17.6. The molecule has 7 nitrogen and oxygen atoms in total. The van der Waals surface area contributed by atoms with Gasteiger partial charge >= 0.3 is 0 Å². The molecule has 2 aromatic rings. The Morgan fingerprint density at radius 1 is 1.20 bits per heavy atom. The lowest BCUT2D eigenvalue weighted by Gasteiger charge is -2.32. The minimum absolute atomic E-state index is 0. The van der Waals surface area contributed by atoms with Crippen molar-refractivity contribution in [2.75, 3.05) is 26.3 Å².